The van der Waals surface area contributed by atoms with Crippen LogP contribution in [-0.4, -0.2) is 4.98 Å². The van der Waals surface area contributed by atoms with Crippen LogP contribution >= 0.6 is 11.6 Å². The van der Waals surface area contributed by atoms with Crippen molar-refractivity contribution in [3.05, 3.63) is 39.9 Å². The molecule has 0 aliphatic rings. The van der Waals surface area contributed by atoms with Crippen LogP contribution in [0.15, 0.2) is 24.3 Å². The Morgan fingerprint density at radius 3 is 2.78 bits per heavy atom. The van der Waals surface area contributed by atoms with Crippen LogP contribution in [0.5, 0.6) is 0 Å². The van der Waals surface area contributed by atoms with Crippen LogP contribution in [0.25, 0.3) is 23.4 Å². The average molecular weight is 261 g/mol. The molecule has 2 rings (SSSR count). The molecular weight excluding hydrogens is 244 g/mol. The molecule has 0 aliphatic carbocycles. The highest BCUT2D eigenvalue weighted by molar-refractivity contribution is 6.31. The number of anilines is 1. The lowest BCUT2D eigenvalue weighted by molar-refractivity contribution is 1.26. The van der Waals surface area contributed by atoms with E-state index in [-0.39, 0.29) is 0 Å². The molecule has 1 aromatic heterocycles. The Bertz CT molecular complexity index is 668. The van der Waals surface area contributed by atoms with E-state index in [0.717, 1.165) is 28.7 Å². The Labute approximate surface area is 112 Å². The van der Waals surface area contributed by atoms with Gasteiger partial charge in [0.2, 0.25) is 0 Å². The maximum Gasteiger partial charge on any atom is 0.0485 e. The SMILES string of the molecule is C/C=c1/[nH]c(-c2cc(Cl)ccc2N)c/c1=C/CC. The average Bonchev–Trinajstić information content (AvgIpc) is 2.76. The predicted octanol–water partition coefficient (Wildman–Crippen LogP) is 2.91. The lowest BCUT2D eigenvalue weighted by atomic mass is 10.1. The van der Waals surface area contributed by atoms with Gasteiger partial charge in [0.15, 0.2) is 0 Å². The van der Waals surface area contributed by atoms with Crippen LogP contribution in [0.1, 0.15) is 20.3 Å². The fourth-order valence-electron chi connectivity index (χ4n) is 2.02. The molecule has 0 radical (unpaired) electrons. The lowest BCUT2D eigenvalue weighted by Crippen LogP contribution is -2.21. The van der Waals surface area contributed by atoms with E-state index >= 15 is 0 Å². The monoisotopic (exact) mass is 260 g/mol. The van der Waals surface area contributed by atoms with E-state index in [1.807, 2.05) is 19.1 Å². The number of aromatic nitrogens is 1. The van der Waals surface area contributed by atoms with E-state index < -0.39 is 0 Å². The molecule has 0 bridgehead atoms. The maximum atomic E-state index is 6.02. The molecule has 0 saturated carbocycles. The summed E-state index contributed by atoms with van der Waals surface area (Å²) in [5.41, 5.74) is 8.67. The highest BCUT2D eigenvalue weighted by Gasteiger charge is 2.05. The summed E-state index contributed by atoms with van der Waals surface area (Å²) in [6.45, 7) is 4.14. The molecule has 94 valence electrons. The highest BCUT2D eigenvalue weighted by Crippen LogP contribution is 2.26. The normalized spacial score (nSPS) is 13.3. The van der Waals surface area contributed by atoms with Gasteiger partial charge in [-0.1, -0.05) is 30.7 Å². The van der Waals surface area contributed by atoms with Crippen molar-refractivity contribution >= 4 is 29.4 Å². The Morgan fingerprint density at radius 2 is 2.11 bits per heavy atom. The van der Waals surface area contributed by atoms with Gasteiger partial charge in [-0.15, -0.1) is 0 Å². The summed E-state index contributed by atoms with van der Waals surface area (Å²) in [6.07, 6.45) is 5.25. The zero-order chi connectivity index (χ0) is 13.1. The van der Waals surface area contributed by atoms with Crippen molar-refractivity contribution in [2.75, 3.05) is 5.73 Å². The van der Waals surface area contributed by atoms with Gasteiger partial charge in [0.25, 0.3) is 0 Å². The molecular formula is C15H17ClN2. The molecule has 0 atom stereocenters. The minimum Gasteiger partial charge on any atom is -0.398 e. The van der Waals surface area contributed by atoms with Crippen molar-refractivity contribution in [1.29, 1.82) is 0 Å². The molecule has 2 aromatic rings. The van der Waals surface area contributed by atoms with Crippen LogP contribution < -0.4 is 16.3 Å². The summed E-state index contributed by atoms with van der Waals surface area (Å²) >= 11 is 6.02. The van der Waals surface area contributed by atoms with Crippen LogP contribution in [0.4, 0.5) is 5.69 Å². The van der Waals surface area contributed by atoms with Gasteiger partial charge in [0.05, 0.1) is 0 Å². The van der Waals surface area contributed by atoms with Gasteiger partial charge in [-0.3, -0.25) is 0 Å². The standard InChI is InChI=1S/C15H17ClN2/c1-3-5-10-8-15(18-14(10)4-2)12-9-11(16)6-7-13(12)17/h4-9,18H,3,17H2,1-2H3/b10-5-,14-4+. The zero-order valence-electron chi connectivity index (χ0n) is 10.6. The number of hydrogen-bond acceptors (Lipinski definition) is 1. The molecule has 1 aromatic carbocycles. The van der Waals surface area contributed by atoms with Gasteiger partial charge >= 0.3 is 0 Å². The lowest BCUT2D eigenvalue weighted by Gasteiger charge is -2.03. The Kier molecular flexibility index (Phi) is 3.78. The van der Waals surface area contributed by atoms with Gasteiger partial charge in [-0.2, -0.15) is 0 Å². The molecule has 1 heterocycles. The van der Waals surface area contributed by atoms with E-state index in [2.05, 4.69) is 30.1 Å². The van der Waals surface area contributed by atoms with E-state index in [1.165, 1.54) is 5.22 Å². The minimum atomic E-state index is 0.692. The second-order valence-corrected chi connectivity index (χ2v) is 4.62. The number of benzene rings is 1. The highest BCUT2D eigenvalue weighted by atomic mass is 35.5. The fourth-order valence-corrected chi connectivity index (χ4v) is 2.19. The number of hydrogen-bond donors (Lipinski definition) is 2. The summed E-state index contributed by atoms with van der Waals surface area (Å²) in [7, 11) is 0. The molecule has 18 heavy (non-hydrogen) atoms. The van der Waals surface area contributed by atoms with Crippen LogP contribution in [-0.2, 0) is 0 Å². The summed E-state index contributed by atoms with van der Waals surface area (Å²) in [6, 6.07) is 7.63. The van der Waals surface area contributed by atoms with Gasteiger partial charge in [-0.25, -0.2) is 0 Å². The van der Waals surface area contributed by atoms with Crippen molar-refractivity contribution in [2.24, 2.45) is 0 Å². The molecule has 0 spiro atoms. The third kappa shape index (κ3) is 2.44. The first-order valence-electron chi connectivity index (χ1n) is 6.06. The summed E-state index contributed by atoms with van der Waals surface area (Å²) < 4.78 is 0. The molecule has 3 N–H and O–H groups in total. The van der Waals surface area contributed by atoms with Crippen molar-refractivity contribution in [3.63, 3.8) is 0 Å². The second-order valence-electron chi connectivity index (χ2n) is 4.18. The molecule has 0 unspecified atom stereocenters. The number of nitrogens with two attached hydrogens (primary N) is 1. The Balaban J connectivity index is 2.66. The number of nitrogen functional groups attached to an aromatic ring is 1. The first-order chi connectivity index (χ1) is 8.65. The number of nitrogens with one attached hydrogen (secondary N) is 1. The smallest absolute Gasteiger partial charge is 0.0485 e. The number of halogens is 1. The van der Waals surface area contributed by atoms with E-state index in [9.17, 15) is 0 Å². The Hall–Kier alpha value is -1.67. The maximum absolute atomic E-state index is 6.02. The molecule has 2 nitrogen and oxygen atoms in total. The topological polar surface area (TPSA) is 41.8 Å². The summed E-state index contributed by atoms with van der Waals surface area (Å²) in [5, 5.41) is 3.01. The van der Waals surface area contributed by atoms with Gasteiger partial charge in [0, 0.05) is 27.3 Å². The predicted molar refractivity (Wildman–Crippen MR) is 79.8 cm³/mol. The van der Waals surface area contributed by atoms with Crippen LogP contribution in [0.2, 0.25) is 5.02 Å². The zero-order valence-corrected chi connectivity index (χ0v) is 11.4. The van der Waals surface area contributed by atoms with E-state index in [1.54, 1.807) is 6.07 Å². The molecule has 0 saturated heterocycles. The van der Waals surface area contributed by atoms with Crippen LogP contribution in [0.3, 0.4) is 0 Å². The van der Waals surface area contributed by atoms with E-state index in [0.29, 0.717) is 5.02 Å². The van der Waals surface area contributed by atoms with Gasteiger partial charge in [0.1, 0.15) is 0 Å². The molecule has 0 fully saturated rings. The molecule has 0 amide bonds. The van der Waals surface area contributed by atoms with Crippen molar-refractivity contribution in [3.8, 4) is 11.3 Å². The number of rotatable bonds is 2. The fraction of sp³-hybridized carbons (Fsp3) is 0.200. The largest absolute Gasteiger partial charge is 0.398 e. The quantitative estimate of drug-likeness (QED) is 0.801. The van der Waals surface area contributed by atoms with Gasteiger partial charge in [-0.05, 0) is 42.8 Å². The Morgan fingerprint density at radius 1 is 1.33 bits per heavy atom. The second kappa shape index (κ2) is 5.32. The van der Waals surface area contributed by atoms with Crippen molar-refractivity contribution in [2.45, 2.75) is 20.3 Å². The summed E-state index contributed by atoms with van der Waals surface area (Å²) in [4.78, 5) is 3.38. The minimum absolute atomic E-state index is 0.692. The third-order valence-corrected chi connectivity index (χ3v) is 3.13. The van der Waals surface area contributed by atoms with Crippen LogP contribution in [0, 0.1) is 0 Å². The van der Waals surface area contributed by atoms with E-state index in [4.69, 9.17) is 17.3 Å². The van der Waals surface area contributed by atoms with Crippen molar-refractivity contribution in [1.82, 2.24) is 4.98 Å². The number of H-pyrrole nitrogens is 1. The van der Waals surface area contributed by atoms with Gasteiger partial charge < -0.3 is 10.7 Å². The first kappa shape index (κ1) is 12.8. The first-order valence-corrected chi connectivity index (χ1v) is 6.44. The van der Waals surface area contributed by atoms with Crippen molar-refractivity contribution < 1.29 is 0 Å². The third-order valence-electron chi connectivity index (χ3n) is 2.90. The summed E-state index contributed by atoms with van der Waals surface area (Å²) in [5.74, 6) is 0. The number of aromatic amines is 1. The molecule has 3 heteroatoms. The molecule has 0 aliphatic heterocycles.